The second-order valence-electron chi connectivity index (χ2n) is 6.33. The van der Waals surface area contributed by atoms with Crippen molar-refractivity contribution in [3.63, 3.8) is 0 Å². The first-order valence-corrected chi connectivity index (χ1v) is 12.0. The predicted octanol–water partition coefficient (Wildman–Crippen LogP) is 3.14. The van der Waals surface area contributed by atoms with E-state index in [-0.39, 0.29) is 18.2 Å². The molecule has 2 aromatic carbocycles. The number of imidazole rings is 1. The number of thioether (sulfide) groups is 1. The van der Waals surface area contributed by atoms with E-state index in [1.807, 2.05) is 42.5 Å². The summed E-state index contributed by atoms with van der Waals surface area (Å²) in [6.45, 7) is 0.525. The second kappa shape index (κ2) is 8.98. The summed E-state index contributed by atoms with van der Waals surface area (Å²) in [7, 11) is -3.27. The highest BCUT2D eigenvalue weighted by atomic mass is 35.5. The summed E-state index contributed by atoms with van der Waals surface area (Å²) in [6.07, 6.45) is 1.16. The fraction of sp³-hybridized carbons (Fsp3) is 0.263. The average molecular weight is 438 g/mol. The van der Waals surface area contributed by atoms with Crippen molar-refractivity contribution in [2.45, 2.75) is 17.2 Å². The smallest absolute Gasteiger partial charge is 0.240 e. The highest BCUT2D eigenvalue weighted by molar-refractivity contribution is 7.99. The SMILES string of the molecule is CS(=O)(=O)Cc1nc2ccccc2n1CC(=O)NCCSc1ccc(Cl)cc1. The van der Waals surface area contributed by atoms with Crippen LogP contribution in [0.2, 0.25) is 5.02 Å². The van der Waals surface area contributed by atoms with Crippen molar-refractivity contribution < 1.29 is 13.2 Å². The molecule has 0 unspecified atom stereocenters. The number of halogens is 1. The van der Waals surface area contributed by atoms with E-state index < -0.39 is 9.84 Å². The van der Waals surface area contributed by atoms with Gasteiger partial charge >= 0.3 is 0 Å². The second-order valence-corrected chi connectivity index (χ2v) is 10.1. The van der Waals surface area contributed by atoms with Crippen molar-refractivity contribution in [1.82, 2.24) is 14.9 Å². The zero-order chi connectivity index (χ0) is 20.1. The third-order valence-corrected chi connectivity index (χ3v) is 5.98. The van der Waals surface area contributed by atoms with Crippen LogP contribution in [0.15, 0.2) is 53.4 Å². The van der Waals surface area contributed by atoms with Crippen molar-refractivity contribution in [3.8, 4) is 0 Å². The number of nitrogens with one attached hydrogen (secondary N) is 1. The molecule has 0 bridgehead atoms. The van der Waals surface area contributed by atoms with Gasteiger partial charge in [-0.3, -0.25) is 4.79 Å². The van der Waals surface area contributed by atoms with Crippen LogP contribution in [-0.4, -0.2) is 42.4 Å². The molecule has 0 radical (unpaired) electrons. The van der Waals surface area contributed by atoms with Crippen LogP contribution in [0.3, 0.4) is 0 Å². The Balaban J connectivity index is 1.62. The zero-order valence-electron chi connectivity index (χ0n) is 15.3. The van der Waals surface area contributed by atoms with Gasteiger partial charge in [0.15, 0.2) is 9.84 Å². The van der Waals surface area contributed by atoms with E-state index in [1.165, 1.54) is 0 Å². The summed E-state index contributed by atoms with van der Waals surface area (Å²) < 4.78 is 25.1. The van der Waals surface area contributed by atoms with Gasteiger partial charge < -0.3 is 9.88 Å². The Morgan fingerprint density at radius 3 is 2.61 bits per heavy atom. The van der Waals surface area contributed by atoms with E-state index >= 15 is 0 Å². The molecule has 0 aliphatic carbocycles. The van der Waals surface area contributed by atoms with Gasteiger partial charge in [-0.15, -0.1) is 11.8 Å². The third-order valence-electron chi connectivity index (χ3n) is 3.93. The van der Waals surface area contributed by atoms with Gasteiger partial charge in [0, 0.05) is 28.5 Å². The summed E-state index contributed by atoms with van der Waals surface area (Å²) in [6, 6.07) is 14.8. The largest absolute Gasteiger partial charge is 0.354 e. The molecule has 0 saturated heterocycles. The Bertz CT molecular complexity index is 1080. The van der Waals surface area contributed by atoms with Gasteiger partial charge in [0.1, 0.15) is 18.1 Å². The maximum absolute atomic E-state index is 12.4. The molecule has 1 aromatic heterocycles. The highest BCUT2D eigenvalue weighted by Gasteiger charge is 2.17. The fourth-order valence-electron chi connectivity index (χ4n) is 2.74. The molecule has 1 heterocycles. The lowest BCUT2D eigenvalue weighted by Gasteiger charge is -2.10. The van der Waals surface area contributed by atoms with Crippen LogP contribution in [0.25, 0.3) is 11.0 Å². The van der Waals surface area contributed by atoms with Crippen LogP contribution in [-0.2, 0) is 26.9 Å². The number of aromatic nitrogens is 2. The van der Waals surface area contributed by atoms with Gasteiger partial charge in [0.25, 0.3) is 0 Å². The Hall–Kier alpha value is -2.03. The first-order chi connectivity index (χ1) is 13.3. The first kappa shape index (κ1) is 20.7. The molecule has 9 heteroatoms. The number of hydrogen-bond donors (Lipinski definition) is 1. The minimum Gasteiger partial charge on any atom is -0.354 e. The van der Waals surface area contributed by atoms with E-state index in [0.717, 1.165) is 16.7 Å². The van der Waals surface area contributed by atoms with E-state index in [0.29, 0.717) is 28.7 Å². The summed E-state index contributed by atoms with van der Waals surface area (Å²) in [5.41, 5.74) is 1.42. The molecule has 1 amide bonds. The number of carbonyl (C=O) groups excluding carboxylic acids is 1. The minimum atomic E-state index is -3.27. The van der Waals surface area contributed by atoms with Crippen LogP contribution in [0, 0.1) is 0 Å². The number of fused-ring (bicyclic) bond motifs is 1. The van der Waals surface area contributed by atoms with Crippen LogP contribution in [0.4, 0.5) is 0 Å². The Morgan fingerprint density at radius 1 is 1.18 bits per heavy atom. The van der Waals surface area contributed by atoms with Crippen molar-refractivity contribution in [2.24, 2.45) is 0 Å². The summed E-state index contributed by atoms with van der Waals surface area (Å²) in [5, 5.41) is 3.56. The van der Waals surface area contributed by atoms with Crippen molar-refractivity contribution in [2.75, 3.05) is 18.6 Å². The predicted molar refractivity (Wildman–Crippen MR) is 113 cm³/mol. The van der Waals surface area contributed by atoms with Gasteiger partial charge in [-0.05, 0) is 36.4 Å². The summed E-state index contributed by atoms with van der Waals surface area (Å²) in [5.74, 6) is 0.694. The number of carbonyl (C=O) groups is 1. The molecule has 28 heavy (non-hydrogen) atoms. The number of rotatable bonds is 8. The van der Waals surface area contributed by atoms with Crippen molar-refractivity contribution in [3.05, 3.63) is 59.4 Å². The molecule has 6 nitrogen and oxygen atoms in total. The first-order valence-electron chi connectivity index (χ1n) is 8.59. The monoisotopic (exact) mass is 437 g/mol. The number of para-hydroxylation sites is 2. The van der Waals surface area contributed by atoms with Gasteiger partial charge in [-0.2, -0.15) is 0 Å². The van der Waals surface area contributed by atoms with E-state index in [9.17, 15) is 13.2 Å². The van der Waals surface area contributed by atoms with Crippen molar-refractivity contribution >= 4 is 50.1 Å². The number of nitrogens with zero attached hydrogens (tertiary/aromatic N) is 2. The molecule has 0 saturated carbocycles. The molecule has 0 aliphatic heterocycles. The van der Waals surface area contributed by atoms with Crippen molar-refractivity contribution in [1.29, 1.82) is 0 Å². The summed E-state index contributed by atoms with van der Waals surface area (Å²) in [4.78, 5) is 17.9. The molecule has 3 aromatic rings. The maximum Gasteiger partial charge on any atom is 0.240 e. The van der Waals surface area contributed by atoms with E-state index in [2.05, 4.69) is 10.3 Å². The molecule has 0 spiro atoms. The third kappa shape index (κ3) is 5.73. The van der Waals surface area contributed by atoms with Crippen LogP contribution >= 0.6 is 23.4 Å². The Morgan fingerprint density at radius 2 is 1.89 bits per heavy atom. The summed E-state index contributed by atoms with van der Waals surface area (Å²) >= 11 is 7.49. The molecular weight excluding hydrogens is 418 g/mol. The quantitative estimate of drug-likeness (QED) is 0.432. The molecule has 0 fully saturated rings. The lowest BCUT2D eigenvalue weighted by molar-refractivity contribution is -0.121. The topological polar surface area (TPSA) is 81.1 Å². The Kier molecular flexibility index (Phi) is 6.64. The fourth-order valence-corrected chi connectivity index (χ4v) is 4.32. The molecule has 0 atom stereocenters. The van der Waals surface area contributed by atoms with Gasteiger partial charge in [-0.25, -0.2) is 13.4 Å². The lowest BCUT2D eigenvalue weighted by Crippen LogP contribution is -2.30. The maximum atomic E-state index is 12.4. The van der Waals surface area contributed by atoms with Crippen LogP contribution in [0.5, 0.6) is 0 Å². The number of hydrogen-bond acceptors (Lipinski definition) is 5. The molecule has 0 aliphatic rings. The van der Waals surface area contributed by atoms with Gasteiger partial charge in [-0.1, -0.05) is 23.7 Å². The zero-order valence-corrected chi connectivity index (χ0v) is 17.6. The average Bonchev–Trinajstić information content (AvgIpc) is 2.96. The number of benzene rings is 2. The van der Waals surface area contributed by atoms with E-state index in [1.54, 1.807) is 22.4 Å². The van der Waals surface area contributed by atoms with E-state index in [4.69, 9.17) is 11.6 Å². The molecule has 3 rings (SSSR count). The normalized spacial score (nSPS) is 11.6. The Labute approximate surface area is 173 Å². The minimum absolute atomic E-state index is 0.0248. The lowest BCUT2D eigenvalue weighted by atomic mass is 10.3. The molecular formula is C19H20ClN3O3S2. The molecule has 148 valence electrons. The van der Waals surface area contributed by atoms with Crippen LogP contribution < -0.4 is 5.32 Å². The molecule has 1 N–H and O–H groups in total. The highest BCUT2D eigenvalue weighted by Crippen LogP contribution is 2.20. The van der Waals surface area contributed by atoms with Crippen LogP contribution in [0.1, 0.15) is 5.82 Å². The standard InChI is InChI=1S/C19H20ClN3O3S2/c1-28(25,26)13-18-22-16-4-2-3-5-17(16)23(18)12-19(24)21-10-11-27-15-8-6-14(20)7-9-15/h2-9H,10-13H2,1H3,(H,21,24). The number of sulfone groups is 1. The number of amides is 1. The van der Waals surface area contributed by atoms with Gasteiger partial charge in [0.05, 0.1) is 11.0 Å². The van der Waals surface area contributed by atoms with Gasteiger partial charge in [0.2, 0.25) is 5.91 Å².